The summed E-state index contributed by atoms with van der Waals surface area (Å²) in [6, 6.07) is 2.73. The molecule has 7 atom stereocenters. The Morgan fingerprint density at radius 3 is 2.76 bits per heavy atom. The van der Waals surface area contributed by atoms with Crippen molar-refractivity contribution in [3.05, 3.63) is 11.1 Å². The fourth-order valence-electron chi connectivity index (χ4n) is 4.68. The number of nitrogens with zero attached hydrogens (tertiary/aromatic N) is 2. The van der Waals surface area contributed by atoms with Gasteiger partial charge in [-0.2, -0.15) is 10.5 Å². The Morgan fingerprint density at radius 2 is 2.10 bits per heavy atom. The van der Waals surface area contributed by atoms with Crippen molar-refractivity contribution in [3.63, 3.8) is 0 Å². The number of halogens is 1. The van der Waals surface area contributed by atoms with Crippen molar-refractivity contribution in [1.29, 1.82) is 10.5 Å². The molecule has 9 heteroatoms. The summed E-state index contributed by atoms with van der Waals surface area (Å²) >= 11 is 0. The van der Waals surface area contributed by atoms with E-state index in [0.29, 0.717) is 18.7 Å². The van der Waals surface area contributed by atoms with Gasteiger partial charge in [-0.1, -0.05) is 5.57 Å². The number of nitrogens with one attached hydrogen (secondary N) is 4. The molecule has 0 aliphatic carbocycles. The Labute approximate surface area is 169 Å². The third-order valence-corrected chi connectivity index (χ3v) is 6.26. The molecule has 3 aliphatic heterocycles. The van der Waals surface area contributed by atoms with Crippen molar-refractivity contribution in [2.75, 3.05) is 13.1 Å². The average molecular weight is 402 g/mol. The van der Waals surface area contributed by atoms with Gasteiger partial charge >= 0.3 is 0 Å². The molecule has 0 bridgehead atoms. The van der Waals surface area contributed by atoms with E-state index in [2.05, 4.69) is 33.4 Å². The first-order valence-corrected chi connectivity index (χ1v) is 10.1. The number of alkyl halides is 1. The molecule has 0 aromatic rings. The highest BCUT2D eigenvalue weighted by Gasteiger charge is 2.41. The van der Waals surface area contributed by atoms with E-state index in [-0.39, 0.29) is 42.5 Å². The second kappa shape index (κ2) is 8.89. The minimum Gasteiger partial charge on any atom is -0.352 e. The van der Waals surface area contributed by atoms with Gasteiger partial charge in [-0.3, -0.25) is 9.59 Å². The predicted octanol–water partition coefficient (Wildman–Crippen LogP) is 0.0376. The number of carbonyl (C=O) groups is 2. The van der Waals surface area contributed by atoms with Crippen LogP contribution in [0.3, 0.4) is 0 Å². The molecule has 0 saturated carbocycles. The summed E-state index contributed by atoms with van der Waals surface area (Å²) in [6.45, 7) is 4.57. The molecule has 0 aromatic carbocycles. The number of carbonyl (C=O) groups excluding carboxylic acids is 2. The molecule has 3 aliphatic rings. The van der Waals surface area contributed by atoms with Crippen LogP contribution in [0.1, 0.15) is 33.1 Å². The van der Waals surface area contributed by atoms with Crippen molar-refractivity contribution in [2.24, 2.45) is 11.8 Å². The maximum absolute atomic E-state index is 14.4. The quantitative estimate of drug-likeness (QED) is 0.525. The SMILES string of the molecule is CC1=C(CC(=O)N[C@H](C)C2NCC(C#N)CC2F)C(=O)NC2CCNC(C#N)C12. The van der Waals surface area contributed by atoms with Crippen LogP contribution in [0.15, 0.2) is 11.1 Å². The second-order valence-electron chi connectivity index (χ2n) is 8.16. The number of piperidine rings is 2. The number of fused-ring (bicyclic) bond motifs is 1. The predicted molar refractivity (Wildman–Crippen MR) is 103 cm³/mol. The number of hydrogen-bond donors (Lipinski definition) is 4. The van der Waals surface area contributed by atoms with E-state index < -0.39 is 24.3 Å². The molecule has 156 valence electrons. The Bertz CT molecular complexity index is 785. The van der Waals surface area contributed by atoms with Gasteiger partial charge in [0.25, 0.3) is 0 Å². The monoisotopic (exact) mass is 402 g/mol. The van der Waals surface area contributed by atoms with Crippen LogP contribution in [0.2, 0.25) is 0 Å². The molecular weight excluding hydrogens is 375 g/mol. The van der Waals surface area contributed by atoms with E-state index in [1.54, 1.807) is 6.92 Å². The zero-order chi connectivity index (χ0) is 21.1. The third kappa shape index (κ3) is 4.42. The van der Waals surface area contributed by atoms with Crippen LogP contribution >= 0.6 is 0 Å². The largest absolute Gasteiger partial charge is 0.352 e. The van der Waals surface area contributed by atoms with Gasteiger partial charge in [0.2, 0.25) is 11.8 Å². The van der Waals surface area contributed by atoms with Crippen molar-refractivity contribution >= 4 is 11.8 Å². The van der Waals surface area contributed by atoms with Gasteiger partial charge in [-0.15, -0.1) is 0 Å². The highest BCUT2D eigenvalue weighted by molar-refractivity contribution is 6.00. The lowest BCUT2D eigenvalue weighted by molar-refractivity contribution is -0.124. The van der Waals surface area contributed by atoms with Crippen LogP contribution in [-0.4, -0.2) is 55.2 Å². The molecular formula is C20H27FN6O2. The first-order valence-electron chi connectivity index (χ1n) is 10.1. The molecule has 6 unspecified atom stereocenters. The number of amides is 2. The molecule has 0 spiro atoms. The molecule has 4 N–H and O–H groups in total. The van der Waals surface area contributed by atoms with Gasteiger partial charge < -0.3 is 21.3 Å². The lowest BCUT2D eigenvalue weighted by atomic mass is 9.76. The average Bonchev–Trinajstić information content (AvgIpc) is 2.70. The fraction of sp³-hybridized carbons (Fsp3) is 0.700. The highest BCUT2D eigenvalue weighted by Crippen LogP contribution is 2.32. The molecule has 3 rings (SSSR count). The Morgan fingerprint density at radius 1 is 1.34 bits per heavy atom. The van der Waals surface area contributed by atoms with E-state index in [4.69, 9.17) is 5.26 Å². The lowest BCUT2D eigenvalue weighted by Crippen LogP contribution is -2.58. The van der Waals surface area contributed by atoms with E-state index >= 15 is 0 Å². The molecule has 0 aromatic heterocycles. The smallest absolute Gasteiger partial charge is 0.247 e. The highest BCUT2D eigenvalue weighted by atomic mass is 19.1. The van der Waals surface area contributed by atoms with Gasteiger partial charge in [0, 0.05) is 30.1 Å². The van der Waals surface area contributed by atoms with Crippen molar-refractivity contribution in [1.82, 2.24) is 21.3 Å². The summed E-state index contributed by atoms with van der Waals surface area (Å²) in [6.07, 6.45) is -0.467. The van der Waals surface area contributed by atoms with Crippen molar-refractivity contribution in [3.8, 4) is 12.1 Å². The second-order valence-corrected chi connectivity index (χ2v) is 8.16. The van der Waals surface area contributed by atoms with Gasteiger partial charge in [0.15, 0.2) is 0 Å². The topological polar surface area (TPSA) is 130 Å². The summed E-state index contributed by atoms with van der Waals surface area (Å²) in [5.74, 6) is -1.17. The molecule has 2 amide bonds. The van der Waals surface area contributed by atoms with E-state index in [9.17, 15) is 19.2 Å². The Balaban J connectivity index is 1.66. The molecule has 2 fully saturated rings. The number of rotatable bonds is 4. The molecule has 29 heavy (non-hydrogen) atoms. The summed E-state index contributed by atoms with van der Waals surface area (Å²) in [5.41, 5.74) is 1.13. The zero-order valence-corrected chi connectivity index (χ0v) is 16.7. The van der Waals surface area contributed by atoms with Crippen molar-refractivity contribution < 1.29 is 14.0 Å². The molecule has 8 nitrogen and oxygen atoms in total. The minimum atomic E-state index is -1.23. The van der Waals surface area contributed by atoms with E-state index in [1.165, 1.54) is 0 Å². The van der Waals surface area contributed by atoms with Gasteiger partial charge in [-0.05, 0) is 33.2 Å². The third-order valence-electron chi connectivity index (χ3n) is 6.26. The summed E-state index contributed by atoms with van der Waals surface area (Å²) < 4.78 is 14.4. The van der Waals surface area contributed by atoms with E-state index in [1.807, 2.05) is 6.92 Å². The summed E-state index contributed by atoms with van der Waals surface area (Å²) in [7, 11) is 0. The standard InChI is InChI=1S/C20H27FN6O2/c1-10-13(20(29)27-15-3-4-24-16(8-23)18(10)15)6-17(28)26-11(2)19-14(21)5-12(7-22)9-25-19/h11-12,14-16,18-19,24-25H,3-6,9H2,1-2H3,(H,26,28)(H,27,29)/t11-,12?,14?,15?,16?,18?,19?/m1/s1. The molecule has 3 heterocycles. The maximum Gasteiger partial charge on any atom is 0.247 e. The fourth-order valence-corrected chi connectivity index (χ4v) is 4.68. The molecule has 0 radical (unpaired) electrons. The minimum absolute atomic E-state index is 0.106. The summed E-state index contributed by atoms with van der Waals surface area (Å²) in [4.78, 5) is 25.1. The van der Waals surface area contributed by atoms with Crippen LogP contribution in [-0.2, 0) is 9.59 Å². The summed E-state index contributed by atoms with van der Waals surface area (Å²) in [5, 5.41) is 30.2. The van der Waals surface area contributed by atoms with Gasteiger partial charge in [0.05, 0.1) is 30.5 Å². The lowest BCUT2D eigenvalue weighted by Gasteiger charge is -2.41. The van der Waals surface area contributed by atoms with Crippen LogP contribution in [0.25, 0.3) is 0 Å². The van der Waals surface area contributed by atoms with Crippen molar-refractivity contribution in [2.45, 2.75) is 63.4 Å². The van der Waals surface area contributed by atoms with Crippen LogP contribution in [0.5, 0.6) is 0 Å². The number of hydrogen-bond acceptors (Lipinski definition) is 6. The first-order chi connectivity index (χ1) is 13.8. The Kier molecular flexibility index (Phi) is 6.51. The van der Waals surface area contributed by atoms with Crippen LogP contribution < -0.4 is 21.3 Å². The van der Waals surface area contributed by atoms with Crippen LogP contribution in [0, 0.1) is 34.5 Å². The first kappa shape index (κ1) is 21.2. The van der Waals surface area contributed by atoms with E-state index in [0.717, 1.165) is 12.0 Å². The van der Waals surface area contributed by atoms with Gasteiger partial charge in [-0.25, -0.2) is 4.39 Å². The zero-order valence-electron chi connectivity index (χ0n) is 16.7. The van der Waals surface area contributed by atoms with Gasteiger partial charge in [0.1, 0.15) is 12.2 Å². The maximum atomic E-state index is 14.4. The Hall–Kier alpha value is -2.49. The number of nitriles is 2. The molecule has 2 saturated heterocycles. The van der Waals surface area contributed by atoms with Crippen LogP contribution in [0.4, 0.5) is 4.39 Å². The normalized spacial score (nSPS) is 35.6.